The molecule has 1 aromatic carbocycles. The van der Waals surface area contributed by atoms with Crippen LogP contribution in [0.2, 0.25) is 0 Å². The lowest BCUT2D eigenvalue weighted by Crippen LogP contribution is -2.50. The molecule has 0 radical (unpaired) electrons. The van der Waals surface area contributed by atoms with E-state index in [9.17, 15) is 0 Å². The molecule has 0 saturated heterocycles. The van der Waals surface area contributed by atoms with Crippen LogP contribution >= 0.6 is 0 Å². The van der Waals surface area contributed by atoms with Gasteiger partial charge in [-0.25, -0.2) is 0 Å². The molecule has 1 unspecified atom stereocenters. The predicted octanol–water partition coefficient (Wildman–Crippen LogP) is 3.40. The van der Waals surface area contributed by atoms with Crippen molar-refractivity contribution in [3.8, 4) is 0 Å². The molecule has 2 rings (SSSR count). The minimum Gasteiger partial charge on any atom is -0.376 e. The fraction of sp³-hybridized carbons (Fsp3) is 0.647. The van der Waals surface area contributed by atoms with Crippen LogP contribution in [0.3, 0.4) is 0 Å². The summed E-state index contributed by atoms with van der Waals surface area (Å²) in [6.45, 7) is 6.58. The number of ether oxygens (including phenoxy) is 1. The first-order chi connectivity index (χ1) is 9.50. The van der Waals surface area contributed by atoms with Gasteiger partial charge in [-0.2, -0.15) is 0 Å². The Hall–Kier alpha value is -0.900. The van der Waals surface area contributed by atoms with Crippen LogP contribution in [0.15, 0.2) is 18.2 Å². The quantitative estimate of drug-likeness (QED) is 0.654. The highest BCUT2D eigenvalue weighted by atomic mass is 16.5. The molecule has 1 atom stereocenters. The van der Waals surface area contributed by atoms with E-state index >= 15 is 0 Å². The second kappa shape index (κ2) is 6.25. The Balaban J connectivity index is 2.34. The molecule has 0 aromatic heterocycles. The van der Waals surface area contributed by atoms with Gasteiger partial charge in [0.1, 0.15) is 0 Å². The lowest BCUT2D eigenvalue weighted by atomic mass is 9.73. The van der Waals surface area contributed by atoms with Crippen LogP contribution < -0.4 is 11.3 Å². The average molecular weight is 276 g/mol. The van der Waals surface area contributed by atoms with E-state index < -0.39 is 0 Å². The fourth-order valence-electron chi connectivity index (χ4n) is 3.59. The third-order valence-corrected chi connectivity index (χ3v) is 4.80. The number of hydrogen-bond donors (Lipinski definition) is 2. The Labute approximate surface area is 122 Å². The topological polar surface area (TPSA) is 47.3 Å². The summed E-state index contributed by atoms with van der Waals surface area (Å²) < 4.78 is 5.97. The summed E-state index contributed by atoms with van der Waals surface area (Å²) in [6.07, 6.45) is 4.53. The molecular weight excluding hydrogens is 248 g/mol. The van der Waals surface area contributed by atoms with Gasteiger partial charge in [-0.15, -0.1) is 0 Å². The largest absolute Gasteiger partial charge is 0.376 e. The molecule has 3 N–H and O–H groups in total. The maximum atomic E-state index is 5.97. The number of aryl methyl sites for hydroxylation is 2. The van der Waals surface area contributed by atoms with E-state index in [1.807, 2.05) is 7.11 Å². The van der Waals surface area contributed by atoms with Crippen molar-refractivity contribution in [3.63, 3.8) is 0 Å². The molecule has 0 amide bonds. The summed E-state index contributed by atoms with van der Waals surface area (Å²) in [4.78, 5) is 0. The Bertz CT molecular complexity index is 430. The minimum atomic E-state index is -0.179. The van der Waals surface area contributed by atoms with E-state index in [0.717, 1.165) is 18.8 Å². The van der Waals surface area contributed by atoms with Gasteiger partial charge in [0.2, 0.25) is 0 Å². The normalized spacial score (nSPS) is 28.4. The van der Waals surface area contributed by atoms with Crippen molar-refractivity contribution in [2.45, 2.75) is 58.1 Å². The Morgan fingerprint density at radius 1 is 1.20 bits per heavy atom. The summed E-state index contributed by atoms with van der Waals surface area (Å²) in [6, 6.07) is 6.69. The number of nitrogens with two attached hydrogens (primary N) is 1. The first-order valence-corrected chi connectivity index (χ1v) is 7.60. The van der Waals surface area contributed by atoms with Crippen LogP contribution in [0.1, 0.15) is 55.3 Å². The van der Waals surface area contributed by atoms with Gasteiger partial charge < -0.3 is 4.74 Å². The summed E-state index contributed by atoms with van der Waals surface area (Å²) >= 11 is 0. The predicted molar refractivity (Wildman–Crippen MR) is 83.4 cm³/mol. The third kappa shape index (κ3) is 3.05. The highest BCUT2D eigenvalue weighted by Gasteiger charge is 2.42. The van der Waals surface area contributed by atoms with Crippen molar-refractivity contribution >= 4 is 0 Å². The van der Waals surface area contributed by atoms with Crippen LogP contribution in [0.4, 0.5) is 0 Å². The first-order valence-electron chi connectivity index (χ1n) is 7.60. The lowest BCUT2D eigenvalue weighted by Gasteiger charge is -2.44. The van der Waals surface area contributed by atoms with Crippen molar-refractivity contribution in [2.24, 2.45) is 11.8 Å². The van der Waals surface area contributed by atoms with Crippen molar-refractivity contribution in [1.29, 1.82) is 0 Å². The van der Waals surface area contributed by atoms with Crippen LogP contribution in [-0.2, 0) is 4.74 Å². The molecule has 0 heterocycles. The molecule has 1 aliphatic carbocycles. The maximum absolute atomic E-state index is 5.97. The molecule has 3 heteroatoms. The summed E-state index contributed by atoms with van der Waals surface area (Å²) in [7, 11) is 1.82. The number of nitrogens with one attached hydrogen (secondary N) is 1. The first kappa shape index (κ1) is 15.5. The molecule has 3 nitrogen and oxygen atoms in total. The number of benzene rings is 1. The lowest BCUT2D eigenvalue weighted by molar-refractivity contribution is -0.0761. The van der Waals surface area contributed by atoms with Gasteiger partial charge in [0.15, 0.2) is 0 Å². The van der Waals surface area contributed by atoms with Crippen LogP contribution in [0.5, 0.6) is 0 Å². The van der Waals surface area contributed by atoms with Crippen molar-refractivity contribution in [2.75, 3.05) is 7.11 Å². The zero-order valence-corrected chi connectivity index (χ0v) is 13.2. The monoisotopic (exact) mass is 276 g/mol. The van der Waals surface area contributed by atoms with Crippen LogP contribution in [0.25, 0.3) is 0 Å². The van der Waals surface area contributed by atoms with Crippen LogP contribution in [-0.4, -0.2) is 12.7 Å². The number of rotatable bonds is 4. The zero-order chi connectivity index (χ0) is 14.8. The second-order valence-corrected chi connectivity index (χ2v) is 6.47. The van der Waals surface area contributed by atoms with Crippen molar-refractivity contribution in [1.82, 2.24) is 5.43 Å². The minimum absolute atomic E-state index is 0.0543. The summed E-state index contributed by atoms with van der Waals surface area (Å²) in [5.41, 5.74) is 6.63. The molecule has 1 aliphatic rings. The third-order valence-electron chi connectivity index (χ3n) is 4.80. The molecule has 1 aromatic rings. The fourth-order valence-corrected chi connectivity index (χ4v) is 3.59. The second-order valence-electron chi connectivity index (χ2n) is 6.47. The van der Waals surface area contributed by atoms with E-state index in [1.165, 1.54) is 29.5 Å². The van der Waals surface area contributed by atoms with E-state index in [1.54, 1.807) is 0 Å². The average Bonchev–Trinajstić information content (AvgIpc) is 2.41. The van der Waals surface area contributed by atoms with Gasteiger partial charge >= 0.3 is 0 Å². The summed E-state index contributed by atoms with van der Waals surface area (Å²) in [5.74, 6) is 6.69. The molecule has 1 saturated carbocycles. The van der Waals surface area contributed by atoms with Gasteiger partial charge in [-0.3, -0.25) is 11.3 Å². The van der Waals surface area contributed by atoms with Gasteiger partial charge in [0.25, 0.3) is 0 Å². The van der Waals surface area contributed by atoms with Gasteiger partial charge in [0, 0.05) is 7.11 Å². The van der Waals surface area contributed by atoms with Crippen LogP contribution in [0, 0.1) is 19.8 Å². The van der Waals surface area contributed by atoms with E-state index in [4.69, 9.17) is 10.6 Å². The van der Waals surface area contributed by atoms with Gasteiger partial charge in [-0.1, -0.05) is 36.2 Å². The van der Waals surface area contributed by atoms with E-state index in [0.29, 0.717) is 0 Å². The molecule has 112 valence electrons. The Morgan fingerprint density at radius 2 is 1.75 bits per heavy atom. The van der Waals surface area contributed by atoms with E-state index in [2.05, 4.69) is 44.4 Å². The molecule has 1 fully saturated rings. The molecule has 0 aliphatic heterocycles. The SMILES string of the molecule is COC1(C(NN)c2cc(C)cc(C)c2)CCC(C)CC1. The molecular formula is C17H28N2O. The van der Waals surface area contributed by atoms with Gasteiger partial charge in [0.05, 0.1) is 11.6 Å². The standard InChI is InChI=1S/C17H28N2O/c1-12-5-7-17(20-4,8-6-12)16(19-18)15-10-13(2)9-14(3)11-15/h9-12,16,19H,5-8,18H2,1-4H3. The number of hydrazine groups is 1. The Kier molecular flexibility index (Phi) is 4.84. The van der Waals surface area contributed by atoms with Crippen molar-refractivity contribution < 1.29 is 4.74 Å². The smallest absolute Gasteiger partial charge is 0.0885 e. The Morgan fingerprint density at radius 3 is 2.20 bits per heavy atom. The molecule has 20 heavy (non-hydrogen) atoms. The number of hydrogen-bond acceptors (Lipinski definition) is 3. The zero-order valence-electron chi connectivity index (χ0n) is 13.2. The molecule has 0 spiro atoms. The van der Waals surface area contributed by atoms with Gasteiger partial charge in [-0.05, 0) is 51.0 Å². The molecule has 0 bridgehead atoms. The number of methoxy groups -OCH3 is 1. The van der Waals surface area contributed by atoms with Crippen molar-refractivity contribution in [3.05, 3.63) is 34.9 Å². The highest BCUT2D eigenvalue weighted by molar-refractivity contribution is 5.32. The summed E-state index contributed by atoms with van der Waals surface area (Å²) in [5, 5.41) is 0. The maximum Gasteiger partial charge on any atom is 0.0885 e. The van der Waals surface area contributed by atoms with E-state index in [-0.39, 0.29) is 11.6 Å². The highest BCUT2D eigenvalue weighted by Crippen LogP contribution is 2.42.